The maximum absolute atomic E-state index is 15.9. The van der Waals surface area contributed by atoms with Crippen LogP contribution in [-0.4, -0.2) is 0 Å². The Hall–Kier alpha value is -2.55. The van der Waals surface area contributed by atoms with Crippen molar-refractivity contribution in [2.45, 2.75) is 24.9 Å². The highest BCUT2D eigenvalue weighted by Crippen LogP contribution is 2.46. The molecule has 0 N–H and O–H groups in total. The summed E-state index contributed by atoms with van der Waals surface area (Å²) < 4.78 is 43.9. The fourth-order valence-corrected chi connectivity index (χ4v) is 3.19. The lowest BCUT2D eigenvalue weighted by atomic mass is 9.78. The Morgan fingerprint density at radius 2 is 1.92 bits per heavy atom. The average Bonchev–Trinajstić information content (AvgIpc) is 2.62. The van der Waals surface area contributed by atoms with Crippen LogP contribution in [0.5, 0.6) is 0 Å². The molecule has 2 aromatic carbocycles. The van der Waals surface area contributed by atoms with Gasteiger partial charge in [0.2, 0.25) is 0 Å². The monoisotopic (exact) mass is 340 g/mol. The first-order valence-corrected chi connectivity index (χ1v) is 8.27. The van der Waals surface area contributed by atoms with Gasteiger partial charge < -0.3 is 0 Å². The second-order valence-electron chi connectivity index (χ2n) is 6.14. The molecule has 128 valence electrons. The molecule has 3 heteroatoms. The summed E-state index contributed by atoms with van der Waals surface area (Å²) >= 11 is 0. The molecular weight excluding hydrogens is 321 g/mol. The topological polar surface area (TPSA) is 0 Å². The van der Waals surface area contributed by atoms with Crippen molar-refractivity contribution in [3.8, 4) is 0 Å². The Morgan fingerprint density at radius 3 is 2.72 bits per heavy atom. The largest absolute Gasteiger partial charge is 0.233 e. The van der Waals surface area contributed by atoms with Gasteiger partial charge in [-0.05, 0) is 30.0 Å². The predicted molar refractivity (Wildman–Crippen MR) is 95.8 cm³/mol. The highest BCUT2D eigenvalue weighted by molar-refractivity contribution is 5.77. The molecule has 0 amide bonds. The van der Waals surface area contributed by atoms with E-state index in [1.165, 1.54) is 12.1 Å². The lowest BCUT2D eigenvalue weighted by Gasteiger charge is -2.30. The third kappa shape index (κ3) is 3.32. The highest BCUT2D eigenvalue weighted by Gasteiger charge is 2.40. The molecule has 0 bridgehead atoms. The zero-order chi connectivity index (χ0) is 17.9. The quantitative estimate of drug-likeness (QED) is 0.561. The van der Waals surface area contributed by atoms with Gasteiger partial charge in [0.1, 0.15) is 0 Å². The third-order valence-corrected chi connectivity index (χ3v) is 4.48. The van der Waals surface area contributed by atoms with Crippen LogP contribution in [0.15, 0.2) is 73.3 Å². The van der Waals surface area contributed by atoms with E-state index in [0.717, 1.165) is 24.5 Å². The molecule has 0 fully saturated rings. The maximum Gasteiger partial charge on any atom is 0.167 e. The first-order chi connectivity index (χ1) is 12.1. The van der Waals surface area contributed by atoms with E-state index in [-0.39, 0.29) is 12.0 Å². The van der Waals surface area contributed by atoms with Crippen molar-refractivity contribution in [1.29, 1.82) is 0 Å². The SMILES string of the molecule is C=CCCc1cccc(C2=CC=CCC2(F)c2cccc(F)c2F)c1. The highest BCUT2D eigenvalue weighted by atomic mass is 19.2. The van der Waals surface area contributed by atoms with Gasteiger partial charge in [-0.2, -0.15) is 0 Å². The predicted octanol–water partition coefficient (Wildman–Crippen LogP) is 6.29. The molecule has 0 radical (unpaired) electrons. The smallest absolute Gasteiger partial charge is 0.167 e. The molecule has 0 spiro atoms. The summed E-state index contributed by atoms with van der Waals surface area (Å²) in [6, 6.07) is 11.2. The number of aryl methyl sites for hydroxylation is 1. The Bertz CT molecular complexity index is 848. The van der Waals surface area contributed by atoms with Crippen LogP contribution in [0.25, 0.3) is 5.57 Å². The van der Waals surface area contributed by atoms with Crippen LogP contribution in [-0.2, 0) is 12.1 Å². The van der Waals surface area contributed by atoms with Gasteiger partial charge in [0.15, 0.2) is 17.3 Å². The van der Waals surface area contributed by atoms with Crippen LogP contribution in [0.2, 0.25) is 0 Å². The summed E-state index contributed by atoms with van der Waals surface area (Å²) in [4.78, 5) is 0. The molecule has 0 saturated carbocycles. The summed E-state index contributed by atoms with van der Waals surface area (Å²) in [6.07, 6.45) is 8.44. The summed E-state index contributed by atoms with van der Waals surface area (Å²) in [5.74, 6) is -2.17. The van der Waals surface area contributed by atoms with E-state index in [9.17, 15) is 8.78 Å². The lowest BCUT2D eigenvalue weighted by molar-refractivity contribution is 0.239. The molecular formula is C22H19F3. The van der Waals surface area contributed by atoms with E-state index >= 15 is 4.39 Å². The second-order valence-corrected chi connectivity index (χ2v) is 6.14. The number of halogens is 3. The third-order valence-electron chi connectivity index (χ3n) is 4.48. The van der Waals surface area contributed by atoms with Gasteiger partial charge in [-0.1, -0.05) is 60.7 Å². The zero-order valence-electron chi connectivity index (χ0n) is 13.8. The average molecular weight is 340 g/mol. The molecule has 25 heavy (non-hydrogen) atoms. The van der Waals surface area contributed by atoms with E-state index in [0.29, 0.717) is 11.1 Å². The zero-order valence-corrected chi connectivity index (χ0v) is 13.8. The standard InChI is InChI=1S/C22H19F3/c1-2-3-8-16-9-6-10-17(15-16)18-11-4-5-14-22(18,25)19-12-7-13-20(23)21(19)24/h2,4-7,9-13,15H,1,3,8,14H2. The minimum absolute atomic E-state index is 0.0317. The Labute approximate surface area is 146 Å². The first-order valence-electron chi connectivity index (χ1n) is 8.27. The number of alkyl halides is 1. The number of hydrogen-bond donors (Lipinski definition) is 0. The molecule has 3 rings (SSSR count). The summed E-state index contributed by atoms with van der Waals surface area (Å²) in [5, 5.41) is 0. The van der Waals surface area contributed by atoms with Crippen molar-refractivity contribution >= 4 is 5.57 Å². The van der Waals surface area contributed by atoms with E-state index in [4.69, 9.17) is 0 Å². The van der Waals surface area contributed by atoms with Crippen molar-refractivity contribution in [1.82, 2.24) is 0 Å². The lowest BCUT2D eigenvalue weighted by Crippen LogP contribution is -2.25. The van der Waals surface area contributed by atoms with Crippen molar-refractivity contribution in [3.63, 3.8) is 0 Å². The first kappa shape index (κ1) is 17.3. The molecule has 0 aromatic heterocycles. The molecule has 0 nitrogen and oxygen atoms in total. The normalized spacial score (nSPS) is 19.6. The molecule has 1 aliphatic rings. The number of hydrogen-bond acceptors (Lipinski definition) is 0. The van der Waals surface area contributed by atoms with Crippen LogP contribution < -0.4 is 0 Å². The van der Waals surface area contributed by atoms with E-state index in [1.54, 1.807) is 24.3 Å². The van der Waals surface area contributed by atoms with Crippen molar-refractivity contribution in [2.24, 2.45) is 0 Å². The fourth-order valence-electron chi connectivity index (χ4n) is 3.19. The van der Waals surface area contributed by atoms with E-state index in [1.807, 2.05) is 24.3 Å². The van der Waals surface area contributed by atoms with Crippen molar-refractivity contribution < 1.29 is 13.2 Å². The van der Waals surface area contributed by atoms with Crippen molar-refractivity contribution in [2.75, 3.05) is 0 Å². The molecule has 2 aromatic rings. The summed E-state index contributed by atoms with van der Waals surface area (Å²) in [6.45, 7) is 3.71. The van der Waals surface area contributed by atoms with Crippen LogP contribution in [0, 0.1) is 11.6 Å². The van der Waals surface area contributed by atoms with Gasteiger partial charge in [0.25, 0.3) is 0 Å². The minimum atomic E-state index is -2.10. The van der Waals surface area contributed by atoms with E-state index in [2.05, 4.69) is 6.58 Å². The van der Waals surface area contributed by atoms with Gasteiger partial charge in [-0.25, -0.2) is 13.2 Å². The molecule has 0 saturated heterocycles. The Balaban J connectivity index is 2.07. The number of rotatable bonds is 5. The van der Waals surface area contributed by atoms with Crippen LogP contribution >= 0.6 is 0 Å². The minimum Gasteiger partial charge on any atom is -0.233 e. The van der Waals surface area contributed by atoms with Gasteiger partial charge in [-0.15, -0.1) is 6.58 Å². The molecule has 1 aliphatic carbocycles. The fraction of sp³-hybridized carbons (Fsp3) is 0.182. The van der Waals surface area contributed by atoms with Gasteiger partial charge in [0.05, 0.1) is 0 Å². The van der Waals surface area contributed by atoms with Gasteiger partial charge in [0, 0.05) is 17.6 Å². The Morgan fingerprint density at radius 1 is 1.12 bits per heavy atom. The van der Waals surface area contributed by atoms with Crippen LogP contribution in [0.1, 0.15) is 29.5 Å². The molecule has 0 aliphatic heterocycles. The number of allylic oxidation sites excluding steroid dienone is 5. The van der Waals surface area contributed by atoms with E-state index < -0.39 is 17.3 Å². The summed E-state index contributed by atoms with van der Waals surface area (Å²) in [7, 11) is 0. The maximum atomic E-state index is 15.9. The second kappa shape index (κ2) is 7.14. The number of benzene rings is 2. The molecule has 0 heterocycles. The van der Waals surface area contributed by atoms with Crippen LogP contribution in [0.4, 0.5) is 13.2 Å². The van der Waals surface area contributed by atoms with Gasteiger partial charge in [-0.3, -0.25) is 0 Å². The Kier molecular flexibility index (Phi) is 4.93. The van der Waals surface area contributed by atoms with Gasteiger partial charge >= 0.3 is 0 Å². The molecule has 1 unspecified atom stereocenters. The summed E-state index contributed by atoms with van der Waals surface area (Å²) in [5.41, 5.74) is -0.288. The molecule has 1 atom stereocenters. The van der Waals surface area contributed by atoms with Crippen LogP contribution in [0.3, 0.4) is 0 Å². The van der Waals surface area contributed by atoms with Crippen molar-refractivity contribution in [3.05, 3.63) is 102 Å².